The van der Waals surface area contributed by atoms with Crippen LogP contribution in [0.1, 0.15) is 0 Å². The van der Waals surface area contributed by atoms with E-state index >= 15 is 0 Å². The number of fused-ring (bicyclic) bond motifs is 6. The van der Waals surface area contributed by atoms with E-state index in [1.165, 1.54) is 66.1 Å². The molecular weight excluding hydrogens is 753 g/mol. The van der Waals surface area contributed by atoms with Gasteiger partial charge in [0.05, 0.1) is 22.1 Å². The maximum absolute atomic E-state index is 5.22. The molecule has 4 aromatic heterocycles. The summed E-state index contributed by atoms with van der Waals surface area (Å²) in [7, 11) is 0. The number of aromatic nitrogens is 4. The van der Waals surface area contributed by atoms with Gasteiger partial charge in [0.15, 0.2) is 0 Å². The van der Waals surface area contributed by atoms with E-state index in [-0.39, 0.29) is 0 Å². The zero-order chi connectivity index (χ0) is 41.0. The predicted molar refractivity (Wildman–Crippen MR) is 258 cm³/mol. The third-order valence-corrected chi connectivity index (χ3v) is 12.2. The van der Waals surface area contributed by atoms with Crippen LogP contribution in [0, 0.1) is 0 Å². The van der Waals surface area contributed by atoms with Gasteiger partial charge in [-0.25, -0.2) is 9.97 Å². The second kappa shape index (κ2) is 14.7. The molecular formula is C58H38N4. The Morgan fingerprint density at radius 3 is 0.790 bits per heavy atom. The summed E-state index contributed by atoms with van der Waals surface area (Å²) in [5, 5.41) is 4.70. The Bertz CT molecular complexity index is 3170. The van der Waals surface area contributed by atoms with Crippen molar-refractivity contribution in [1.82, 2.24) is 19.1 Å². The van der Waals surface area contributed by atoms with Crippen molar-refractivity contribution in [2.45, 2.75) is 0 Å². The summed E-state index contributed by atoms with van der Waals surface area (Å²) >= 11 is 0. The molecule has 0 N–H and O–H groups in total. The van der Waals surface area contributed by atoms with Crippen molar-refractivity contribution < 1.29 is 0 Å². The van der Waals surface area contributed by atoms with E-state index < -0.39 is 0 Å². The van der Waals surface area contributed by atoms with Crippen LogP contribution in [0.3, 0.4) is 0 Å². The SMILES string of the molecule is c1ccc(-c2ccc3c(c2)c2cc(-c4ccccc4)ccc2n3-c2ncccc2-c2cccnc2-n2c3ccc(-c4ccccc4)cc3c3cc(-c4ccccc4)ccc32)cc1. The van der Waals surface area contributed by atoms with Gasteiger partial charge in [0, 0.05) is 45.1 Å². The number of benzene rings is 8. The molecule has 0 spiro atoms. The largest absolute Gasteiger partial charge is 0.293 e. The second-order valence-corrected chi connectivity index (χ2v) is 15.8. The highest BCUT2D eigenvalue weighted by Crippen LogP contribution is 2.42. The zero-order valence-electron chi connectivity index (χ0n) is 33.7. The van der Waals surface area contributed by atoms with E-state index in [2.05, 4.69) is 215 Å². The van der Waals surface area contributed by atoms with Crippen LogP contribution in [0.2, 0.25) is 0 Å². The standard InChI is InChI=1S/C58H38N4/c1-5-15-39(16-6-1)43-25-29-53-49(35-43)50-36-44(40-17-7-2-8-18-40)26-30-54(50)61(53)57-47(23-13-33-59-57)48-24-14-34-60-58(48)62-55-31-27-45(41-19-9-3-10-20-41)37-51(55)52-38-46(28-32-56(52)62)42-21-11-4-12-22-42/h1-38H. The molecule has 0 saturated carbocycles. The summed E-state index contributed by atoms with van der Waals surface area (Å²) in [6.45, 7) is 0. The van der Waals surface area contributed by atoms with E-state index in [0.29, 0.717) is 0 Å². The molecule has 0 aliphatic rings. The lowest BCUT2D eigenvalue weighted by Crippen LogP contribution is -2.04. The van der Waals surface area contributed by atoms with Gasteiger partial charge in [0.25, 0.3) is 0 Å². The van der Waals surface area contributed by atoms with Gasteiger partial charge in [-0.15, -0.1) is 0 Å². The first kappa shape index (κ1) is 35.6. The number of nitrogens with zero attached hydrogens (tertiary/aromatic N) is 4. The third kappa shape index (κ3) is 5.92. The highest BCUT2D eigenvalue weighted by atomic mass is 15.1. The van der Waals surface area contributed by atoms with Crippen molar-refractivity contribution in [3.8, 4) is 67.3 Å². The molecule has 0 bridgehead atoms. The lowest BCUT2D eigenvalue weighted by atomic mass is 10.0. The van der Waals surface area contributed by atoms with Crippen LogP contribution in [0.5, 0.6) is 0 Å². The lowest BCUT2D eigenvalue weighted by Gasteiger charge is -2.17. The van der Waals surface area contributed by atoms with Crippen LogP contribution < -0.4 is 0 Å². The zero-order valence-corrected chi connectivity index (χ0v) is 33.7. The monoisotopic (exact) mass is 790 g/mol. The molecule has 12 aromatic rings. The summed E-state index contributed by atoms with van der Waals surface area (Å²) < 4.78 is 4.68. The Labute approximate surface area is 359 Å². The lowest BCUT2D eigenvalue weighted by molar-refractivity contribution is 1.06. The molecule has 12 rings (SSSR count). The van der Waals surface area contributed by atoms with Crippen LogP contribution in [0.25, 0.3) is 111 Å². The van der Waals surface area contributed by atoms with Crippen LogP contribution in [-0.4, -0.2) is 19.1 Å². The molecule has 290 valence electrons. The van der Waals surface area contributed by atoms with Gasteiger partial charge >= 0.3 is 0 Å². The Morgan fingerprint density at radius 1 is 0.242 bits per heavy atom. The minimum absolute atomic E-state index is 0.847. The molecule has 0 radical (unpaired) electrons. The van der Waals surface area contributed by atoms with Crippen LogP contribution in [0.4, 0.5) is 0 Å². The number of pyridine rings is 2. The smallest absolute Gasteiger partial charge is 0.145 e. The van der Waals surface area contributed by atoms with E-state index in [4.69, 9.17) is 9.97 Å². The molecule has 4 heteroatoms. The topological polar surface area (TPSA) is 35.6 Å². The summed E-state index contributed by atoms with van der Waals surface area (Å²) in [5.41, 5.74) is 15.8. The van der Waals surface area contributed by atoms with Crippen molar-refractivity contribution in [3.63, 3.8) is 0 Å². The van der Waals surface area contributed by atoms with Crippen molar-refractivity contribution in [2.24, 2.45) is 0 Å². The fraction of sp³-hybridized carbons (Fsp3) is 0. The maximum Gasteiger partial charge on any atom is 0.145 e. The van der Waals surface area contributed by atoms with Gasteiger partial charge in [-0.05, 0) is 117 Å². The first-order chi connectivity index (χ1) is 30.8. The van der Waals surface area contributed by atoms with Gasteiger partial charge in [0.2, 0.25) is 0 Å². The summed E-state index contributed by atoms with van der Waals surface area (Å²) in [4.78, 5) is 10.4. The van der Waals surface area contributed by atoms with E-state index in [1.807, 2.05) is 24.5 Å². The van der Waals surface area contributed by atoms with E-state index in [0.717, 1.165) is 44.8 Å². The van der Waals surface area contributed by atoms with Crippen molar-refractivity contribution >= 4 is 43.6 Å². The predicted octanol–water partition coefficient (Wildman–Crippen LogP) is 15.0. The van der Waals surface area contributed by atoms with Gasteiger partial charge in [-0.1, -0.05) is 146 Å². The van der Waals surface area contributed by atoms with Crippen LogP contribution in [0.15, 0.2) is 231 Å². The second-order valence-electron chi connectivity index (χ2n) is 15.8. The first-order valence-electron chi connectivity index (χ1n) is 21.1. The van der Waals surface area contributed by atoms with Gasteiger partial charge < -0.3 is 0 Å². The first-order valence-corrected chi connectivity index (χ1v) is 21.1. The van der Waals surface area contributed by atoms with E-state index in [9.17, 15) is 0 Å². The fourth-order valence-corrected chi connectivity index (χ4v) is 9.31. The molecule has 4 nitrogen and oxygen atoms in total. The van der Waals surface area contributed by atoms with Crippen molar-refractivity contribution in [1.29, 1.82) is 0 Å². The van der Waals surface area contributed by atoms with Crippen LogP contribution >= 0.6 is 0 Å². The Morgan fingerprint density at radius 2 is 0.516 bits per heavy atom. The van der Waals surface area contributed by atoms with E-state index in [1.54, 1.807) is 0 Å². The van der Waals surface area contributed by atoms with Gasteiger partial charge in [0.1, 0.15) is 11.6 Å². The maximum atomic E-state index is 5.22. The van der Waals surface area contributed by atoms with Gasteiger partial charge in [-0.2, -0.15) is 0 Å². The average Bonchev–Trinajstić information content (AvgIpc) is 3.86. The number of rotatable bonds is 7. The molecule has 0 aliphatic carbocycles. The Kier molecular flexibility index (Phi) is 8.46. The molecule has 8 aromatic carbocycles. The highest BCUT2D eigenvalue weighted by molar-refractivity contribution is 6.13. The van der Waals surface area contributed by atoms with Crippen molar-refractivity contribution in [2.75, 3.05) is 0 Å². The molecule has 0 saturated heterocycles. The minimum atomic E-state index is 0.847. The number of hydrogen-bond donors (Lipinski definition) is 0. The van der Waals surface area contributed by atoms with Crippen LogP contribution in [-0.2, 0) is 0 Å². The molecule has 0 unspecified atom stereocenters. The summed E-state index contributed by atoms with van der Waals surface area (Å²) in [5.74, 6) is 1.69. The molecule has 4 heterocycles. The molecule has 62 heavy (non-hydrogen) atoms. The third-order valence-electron chi connectivity index (χ3n) is 12.2. The highest BCUT2D eigenvalue weighted by Gasteiger charge is 2.23. The summed E-state index contributed by atoms with van der Waals surface area (Å²) in [6.07, 6.45) is 3.81. The van der Waals surface area contributed by atoms with Gasteiger partial charge in [-0.3, -0.25) is 9.13 Å². The average molecular weight is 791 g/mol. The quantitative estimate of drug-likeness (QED) is 0.161. The fourth-order valence-electron chi connectivity index (χ4n) is 9.31. The number of hydrogen-bond acceptors (Lipinski definition) is 2. The molecule has 0 fully saturated rings. The minimum Gasteiger partial charge on any atom is -0.293 e. The Hall–Kier alpha value is -8.34. The normalized spacial score (nSPS) is 11.5. The molecule has 0 atom stereocenters. The van der Waals surface area contributed by atoms with Crippen molar-refractivity contribution in [3.05, 3.63) is 231 Å². The Balaban J connectivity index is 1.10. The molecule has 0 amide bonds. The summed E-state index contributed by atoms with van der Waals surface area (Å²) in [6, 6.07) is 78.2. The molecule has 0 aliphatic heterocycles.